The van der Waals surface area contributed by atoms with E-state index in [0.29, 0.717) is 0 Å². The van der Waals surface area contributed by atoms with E-state index in [1.807, 2.05) is 0 Å². The Hall–Kier alpha value is -0.430. The molecule has 1 rings (SSSR count). The summed E-state index contributed by atoms with van der Waals surface area (Å²) in [6, 6.07) is 4.76. The molecule has 0 heterocycles. The average Bonchev–Trinajstić information content (AvgIpc) is 2.28. The topological polar surface area (TPSA) is 0 Å². The Morgan fingerprint density at radius 1 is 0.850 bits per heavy atom. The lowest BCUT2D eigenvalue weighted by Gasteiger charge is -2.29. The SMILES string of the molecule is CCCCCc1cc(C(C)(C)C)c(S)c(C(C)(C)C)c1. The predicted octanol–water partition coefficient (Wildman–Crippen LogP) is 6.30. The summed E-state index contributed by atoms with van der Waals surface area (Å²) >= 11 is 4.86. The molecule has 0 nitrogen and oxygen atoms in total. The van der Waals surface area contributed by atoms with Gasteiger partial charge in [-0.1, -0.05) is 73.4 Å². The Balaban J connectivity index is 3.28. The highest BCUT2D eigenvalue weighted by Gasteiger charge is 2.24. The maximum atomic E-state index is 4.86. The van der Waals surface area contributed by atoms with Gasteiger partial charge in [-0.2, -0.15) is 0 Å². The van der Waals surface area contributed by atoms with E-state index in [4.69, 9.17) is 12.6 Å². The third kappa shape index (κ3) is 4.55. The summed E-state index contributed by atoms with van der Waals surface area (Å²) in [6.07, 6.45) is 5.07. The normalized spacial score (nSPS) is 12.8. The number of unbranched alkanes of at least 4 members (excludes halogenated alkanes) is 2. The predicted molar refractivity (Wildman–Crippen MR) is 94.3 cm³/mol. The first-order valence-electron chi connectivity index (χ1n) is 7.94. The van der Waals surface area contributed by atoms with Crippen molar-refractivity contribution in [1.82, 2.24) is 0 Å². The van der Waals surface area contributed by atoms with Crippen molar-refractivity contribution in [2.75, 3.05) is 0 Å². The van der Waals surface area contributed by atoms with Gasteiger partial charge in [-0.15, -0.1) is 12.6 Å². The van der Waals surface area contributed by atoms with Crippen LogP contribution in [0, 0.1) is 0 Å². The molecule has 0 aliphatic carbocycles. The minimum absolute atomic E-state index is 0.151. The Morgan fingerprint density at radius 2 is 1.30 bits per heavy atom. The monoisotopic (exact) mass is 292 g/mol. The van der Waals surface area contributed by atoms with Crippen molar-refractivity contribution < 1.29 is 0 Å². The lowest BCUT2D eigenvalue weighted by molar-refractivity contribution is 0.544. The van der Waals surface area contributed by atoms with Crippen molar-refractivity contribution in [3.63, 3.8) is 0 Å². The summed E-state index contributed by atoms with van der Waals surface area (Å²) in [5.41, 5.74) is 4.56. The smallest absolute Gasteiger partial charge is 0.0115 e. The fourth-order valence-electron chi connectivity index (χ4n) is 2.56. The van der Waals surface area contributed by atoms with Gasteiger partial charge in [0.25, 0.3) is 0 Å². The standard InChI is InChI=1S/C19H32S/c1-8-9-10-11-14-12-15(18(2,3)4)17(20)16(13-14)19(5,6)7/h12-13,20H,8-11H2,1-7H3. The number of benzene rings is 1. The molecule has 0 amide bonds. The Morgan fingerprint density at radius 3 is 1.65 bits per heavy atom. The number of hydrogen-bond acceptors (Lipinski definition) is 1. The molecular formula is C19H32S. The maximum Gasteiger partial charge on any atom is 0.0115 e. The molecule has 20 heavy (non-hydrogen) atoms. The van der Waals surface area contributed by atoms with Crippen molar-refractivity contribution in [2.45, 2.75) is 89.9 Å². The van der Waals surface area contributed by atoms with E-state index in [2.05, 4.69) is 60.6 Å². The van der Waals surface area contributed by atoms with E-state index in [1.165, 1.54) is 47.3 Å². The van der Waals surface area contributed by atoms with Crippen LogP contribution in [-0.4, -0.2) is 0 Å². The van der Waals surface area contributed by atoms with Crippen LogP contribution in [0.15, 0.2) is 17.0 Å². The highest BCUT2D eigenvalue weighted by molar-refractivity contribution is 7.80. The number of hydrogen-bond donors (Lipinski definition) is 1. The summed E-state index contributed by atoms with van der Waals surface area (Å²) in [5, 5.41) is 0. The molecule has 0 spiro atoms. The van der Waals surface area contributed by atoms with E-state index >= 15 is 0 Å². The molecule has 0 aromatic heterocycles. The van der Waals surface area contributed by atoms with E-state index in [9.17, 15) is 0 Å². The van der Waals surface area contributed by atoms with Crippen LogP contribution in [0.25, 0.3) is 0 Å². The average molecular weight is 293 g/mol. The van der Waals surface area contributed by atoms with Gasteiger partial charge >= 0.3 is 0 Å². The zero-order valence-electron chi connectivity index (χ0n) is 14.4. The molecule has 0 aliphatic heterocycles. The van der Waals surface area contributed by atoms with Crippen LogP contribution in [-0.2, 0) is 17.3 Å². The Labute approximate surface area is 131 Å². The third-order valence-corrected chi connectivity index (χ3v) is 4.34. The van der Waals surface area contributed by atoms with Crippen LogP contribution in [0.1, 0.15) is 84.4 Å². The molecule has 0 saturated carbocycles. The van der Waals surface area contributed by atoms with Crippen LogP contribution >= 0.6 is 12.6 Å². The van der Waals surface area contributed by atoms with Crippen LogP contribution in [0.4, 0.5) is 0 Å². The molecule has 1 aromatic rings. The van der Waals surface area contributed by atoms with Gasteiger partial charge in [-0.05, 0) is 40.4 Å². The molecule has 0 atom stereocenters. The summed E-state index contributed by atoms with van der Waals surface area (Å²) in [6.45, 7) is 16.0. The fraction of sp³-hybridized carbons (Fsp3) is 0.684. The van der Waals surface area contributed by atoms with E-state index < -0.39 is 0 Å². The second-order valence-electron chi connectivity index (χ2n) is 8.00. The number of rotatable bonds is 4. The summed E-state index contributed by atoms with van der Waals surface area (Å²) in [5.74, 6) is 0. The summed E-state index contributed by atoms with van der Waals surface area (Å²) in [7, 11) is 0. The molecule has 1 aromatic carbocycles. The first-order chi connectivity index (χ1) is 9.07. The maximum absolute atomic E-state index is 4.86. The minimum Gasteiger partial charge on any atom is -0.143 e. The minimum atomic E-state index is 0.151. The first kappa shape index (κ1) is 17.6. The summed E-state index contributed by atoms with van der Waals surface area (Å²) < 4.78 is 0. The van der Waals surface area contributed by atoms with Crippen molar-refractivity contribution in [2.24, 2.45) is 0 Å². The lowest BCUT2D eigenvalue weighted by Crippen LogP contribution is -2.19. The molecule has 0 aliphatic rings. The second kappa shape index (κ2) is 6.56. The van der Waals surface area contributed by atoms with Gasteiger partial charge in [0.1, 0.15) is 0 Å². The van der Waals surface area contributed by atoms with Gasteiger partial charge in [0.2, 0.25) is 0 Å². The van der Waals surface area contributed by atoms with E-state index in [-0.39, 0.29) is 10.8 Å². The van der Waals surface area contributed by atoms with E-state index in [0.717, 1.165) is 0 Å². The Bertz CT molecular complexity index is 409. The summed E-state index contributed by atoms with van der Waals surface area (Å²) in [4.78, 5) is 1.18. The van der Waals surface area contributed by atoms with Gasteiger partial charge < -0.3 is 0 Å². The lowest BCUT2D eigenvalue weighted by atomic mass is 9.79. The van der Waals surface area contributed by atoms with Crippen molar-refractivity contribution >= 4 is 12.6 Å². The third-order valence-electron chi connectivity index (χ3n) is 3.85. The molecule has 1 heteroatoms. The van der Waals surface area contributed by atoms with Gasteiger partial charge in [0.15, 0.2) is 0 Å². The van der Waals surface area contributed by atoms with Gasteiger partial charge in [0.05, 0.1) is 0 Å². The zero-order valence-corrected chi connectivity index (χ0v) is 15.3. The highest BCUT2D eigenvalue weighted by atomic mass is 32.1. The molecule has 0 saturated heterocycles. The molecule has 0 radical (unpaired) electrons. The second-order valence-corrected chi connectivity index (χ2v) is 8.44. The molecular weight excluding hydrogens is 260 g/mol. The van der Waals surface area contributed by atoms with Crippen molar-refractivity contribution in [3.05, 3.63) is 28.8 Å². The first-order valence-corrected chi connectivity index (χ1v) is 8.39. The fourth-order valence-corrected chi connectivity index (χ4v) is 3.36. The molecule has 0 fully saturated rings. The molecule has 0 N–H and O–H groups in total. The van der Waals surface area contributed by atoms with Gasteiger partial charge in [-0.3, -0.25) is 0 Å². The van der Waals surface area contributed by atoms with Crippen LogP contribution < -0.4 is 0 Å². The zero-order chi connectivity index (χ0) is 15.6. The van der Waals surface area contributed by atoms with Crippen LogP contribution in [0.2, 0.25) is 0 Å². The van der Waals surface area contributed by atoms with Crippen molar-refractivity contribution in [1.29, 1.82) is 0 Å². The van der Waals surface area contributed by atoms with Gasteiger partial charge in [0, 0.05) is 4.90 Å². The highest BCUT2D eigenvalue weighted by Crippen LogP contribution is 2.37. The molecule has 0 bridgehead atoms. The van der Waals surface area contributed by atoms with Crippen LogP contribution in [0.5, 0.6) is 0 Å². The number of thiol groups is 1. The molecule has 0 unspecified atom stereocenters. The van der Waals surface area contributed by atoms with Gasteiger partial charge in [-0.25, -0.2) is 0 Å². The van der Waals surface area contributed by atoms with Crippen molar-refractivity contribution in [3.8, 4) is 0 Å². The Kier molecular flexibility index (Phi) is 5.78. The number of aryl methyl sites for hydroxylation is 1. The molecule has 114 valence electrons. The largest absolute Gasteiger partial charge is 0.143 e. The van der Waals surface area contributed by atoms with E-state index in [1.54, 1.807) is 0 Å². The van der Waals surface area contributed by atoms with Crippen LogP contribution in [0.3, 0.4) is 0 Å². The quantitative estimate of drug-likeness (QED) is 0.488.